The smallest absolute Gasteiger partial charge is 0.193 e. The quantitative estimate of drug-likeness (QED) is 0.561. The molecule has 0 aliphatic heterocycles. The molecule has 0 bridgehead atoms. The van der Waals surface area contributed by atoms with Crippen molar-refractivity contribution in [2.24, 2.45) is 16.1 Å². The number of nitrogens with one attached hydrogen (secondary N) is 1. The van der Waals surface area contributed by atoms with Gasteiger partial charge < -0.3 is 16.2 Å². The van der Waals surface area contributed by atoms with Crippen LogP contribution in [0, 0.1) is 19.3 Å². The number of hydrogen-bond donors (Lipinski definition) is 3. The number of aliphatic hydroxyl groups excluding tert-OH is 1. The molecule has 1 aromatic rings. The Kier molecular flexibility index (Phi) is 3.57. The third kappa shape index (κ3) is 3.23. The summed E-state index contributed by atoms with van der Waals surface area (Å²) in [5.74, 6) is 0.416. The van der Waals surface area contributed by atoms with Crippen molar-refractivity contribution in [2.45, 2.75) is 26.7 Å². The second-order valence-electron chi connectivity index (χ2n) is 5.36. The number of aliphatic hydroxyl groups is 1. The van der Waals surface area contributed by atoms with E-state index >= 15 is 0 Å². The first-order valence-electron chi connectivity index (χ1n) is 6.29. The maximum Gasteiger partial charge on any atom is 0.193 e. The van der Waals surface area contributed by atoms with E-state index in [9.17, 15) is 5.11 Å². The molecule has 4 N–H and O–H groups in total. The van der Waals surface area contributed by atoms with Crippen molar-refractivity contribution in [1.82, 2.24) is 0 Å². The molecule has 4 heteroatoms. The van der Waals surface area contributed by atoms with Crippen molar-refractivity contribution in [3.8, 4) is 0 Å². The van der Waals surface area contributed by atoms with Gasteiger partial charge in [0.1, 0.15) is 0 Å². The van der Waals surface area contributed by atoms with Crippen molar-refractivity contribution in [3.63, 3.8) is 0 Å². The van der Waals surface area contributed by atoms with Crippen molar-refractivity contribution >= 4 is 11.6 Å². The standard InChI is InChI=1S/C14H21N3O/c1-10-5-11(2)7-12(6-10)17-13(15)16-8-14(9-18)3-4-14/h5-7,18H,3-4,8-9H2,1-2H3,(H3,15,16,17). The van der Waals surface area contributed by atoms with Crippen molar-refractivity contribution < 1.29 is 5.11 Å². The Bertz CT molecular complexity index is 444. The molecule has 0 atom stereocenters. The predicted octanol–water partition coefficient (Wildman–Crippen LogP) is 1.80. The van der Waals surface area contributed by atoms with Crippen molar-refractivity contribution in [3.05, 3.63) is 29.3 Å². The number of aryl methyl sites for hydroxylation is 2. The molecular formula is C14H21N3O. The Balaban J connectivity index is 1.97. The molecule has 0 amide bonds. The minimum atomic E-state index is 0.00875. The summed E-state index contributed by atoms with van der Waals surface area (Å²) in [4.78, 5) is 4.31. The number of guanidine groups is 1. The SMILES string of the molecule is Cc1cc(C)cc(NC(N)=NCC2(CO)CC2)c1. The highest BCUT2D eigenvalue weighted by atomic mass is 16.3. The highest BCUT2D eigenvalue weighted by Gasteiger charge is 2.41. The molecular weight excluding hydrogens is 226 g/mol. The van der Waals surface area contributed by atoms with Crippen molar-refractivity contribution in [2.75, 3.05) is 18.5 Å². The second kappa shape index (κ2) is 4.98. The minimum absolute atomic E-state index is 0.00875. The van der Waals surface area contributed by atoms with E-state index in [1.54, 1.807) is 0 Å². The number of hydrogen-bond acceptors (Lipinski definition) is 2. The first-order chi connectivity index (χ1) is 8.53. The Morgan fingerprint density at radius 3 is 2.44 bits per heavy atom. The molecule has 1 aliphatic carbocycles. The van der Waals surface area contributed by atoms with E-state index in [1.807, 2.05) is 12.1 Å². The highest BCUT2D eigenvalue weighted by molar-refractivity contribution is 5.92. The van der Waals surface area contributed by atoms with Crippen LogP contribution in [0.4, 0.5) is 5.69 Å². The van der Waals surface area contributed by atoms with E-state index in [4.69, 9.17) is 5.73 Å². The number of benzene rings is 1. The average molecular weight is 247 g/mol. The van der Waals surface area contributed by atoms with Crippen LogP contribution in [0.3, 0.4) is 0 Å². The van der Waals surface area contributed by atoms with Gasteiger partial charge in [-0.2, -0.15) is 0 Å². The lowest BCUT2D eigenvalue weighted by Gasteiger charge is -2.10. The van der Waals surface area contributed by atoms with Crippen LogP contribution >= 0.6 is 0 Å². The van der Waals surface area contributed by atoms with Crippen LogP contribution in [-0.4, -0.2) is 24.2 Å². The van der Waals surface area contributed by atoms with E-state index in [0.29, 0.717) is 12.5 Å². The Morgan fingerprint density at radius 1 is 1.33 bits per heavy atom. The van der Waals surface area contributed by atoms with Gasteiger partial charge in [0.15, 0.2) is 5.96 Å². The van der Waals surface area contributed by atoms with Gasteiger partial charge in [-0.3, -0.25) is 4.99 Å². The van der Waals surface area contributed by atoms with Gasteiger partial charge in [0.05, 0.1) is 13.2 Å². The van der Waals surface area contributed by atoms with Crippen LogP contribution in [0.1, 0.15) is 24.0 Å². The topological polar surface area (TPSA) is 70.6 Å². The third-order valence-corrected chi connectivity index (χ3v) is 3.37. The fourth-order valence-corrected chi connectivity index (χ4v) is 2.03. The lowest BCUT2D eigenvalue weighted by atomic mass is 10.1. The molecule has 0 radical (unpaired) electrons. The molecule has 0 unspecified atom stereocenters. The van der Waals surface area contributed by atoms with Gasteiger partial charge in [-0.05, 0) is 49.9 Å². The fourth-order valence-electron chi connectivity index (χ4n) is 2.03. The maximum atomic E-state index is 9.20. The summed E-state index contributed by atoms with van der Waals surface area (Å²) in [5, 5.41) is 12.3. The number of nitrogens with two attached hydrogens (primary N) is 1. The normalized spacial score (nSPS) is 17.6. The molecule has 18 heavy (non-hydrogen) atoms. The lowest BCUT2D eigenvalue weighted by molar-refractivity contribution is 0.217. The van der Waals surface area contributed by atoms with Gasteiger partial charge in [0, 0.05) is 11.1 Å². The average Bonchev–Trinajstić information content (AvgIpc) is 3.05. The summed E-state index contributed by atoms with van der Waals surface area (Å²) in [5.41, 5.74) is 9.21. The van der Waals surface area contributed by atoms with Crippen LogP contribution in [0.5, 0.6) is 0 Å². The third-order valence-electron chi connectivity index (χ3n) is 3.37. The van der Waals surface area contributed by atoms with E-state index < -0.39 is 0 Å². The zero-order valence-electron chi connectivity index (χ0n) is 11.0. The van der Waals surface area contributed by atoms with Gasteiger partial charge in [-0.25, -0.2) is 0 Å². The number of anilines is 1. The molecule has 1 aromatic carbocycles. The molecule has 0 spiro atoms. The Hall–Kier alpha value is -1.55. The predicted molar refractivity (Wildman–Crippen MR) is 74.8 cm³/mol. The van der Waals surface area contributed by atoms with E-state index in [2.05, 4.69) is 30.2 Å². The molecule has 1 aliphatic rings. The molecule has 0 saturated heterocycles. The van der Waals surface area contributed by atoms with Crippen LogP contribution in [-0.2, 0) is 0 Å². The van der Waals surface area contributed by atoms with Crippen LogP contribution in [0.25, 0.3) is 0 Å². The molecule has 4 nitrogen and oxygen atoms in total. The number of nitrogens with zero attached hydrogens (tertiary/aromatic N) is 1. The largest absolute Gasteiger partial charge is 0.396 e. The monoisotopic (exact) mass is 247 g/mol. The van der Waals surface area contributed by atoms with Gasteiger partial charge in [0.2, 0.25) is 0 Å². The second-order valence-corrected chi connectivity index (χ2v) is 5.36. The molecule has 98 valence electrons. The van der Waals surface area contributed by atoms with Gasteiger partial charge >= 0.3 is 0 Å². The molecule has 0 aromatic heterocycles. The highest BCUT2D eigenvalue weighted by Crippen LogP contribution is 2.45. The maximum absolute atomic E-state index is 9.20. The zero-order valence-corrected chi connectivity index (χ0v) is 11.0. The summed E-state index contributed by atoms with van der Waals surface area (Å²) in [6, 6.07) is 6.19. The summed E-state index contributed by atoms with van der Waals surface area (Å²) < 4.78 is 0. The lowest BCUT2D eigenvalue weighted by Crippen LogP contribution is -2.24. The van der Waals surface area contributed by atoms with Crippen molar-refractivity contribution in [1.29, 1.82) is 0 Å². The summed E-state index contributed by atoms with van der Waals surface area (Å²) >= 11 is 0. The van der Waals surface area contributed by atoms with Crippen LogP contribution < -0.4 is 11.1 Å². The zero-order chi connectivity index (χ0) is 13.2. The molecule has 2 rings (SSSR count). The minimum Gasteiger partial charge on any atom is -0.396 e. The molecule has 0 heterocycles. The van der Waals surface area contributed by atoms with E-state index in [0.717, 1.165) is 18.5 Å². The van der Waals surface area contributed by atoms with Gasteiger partial charge in [-0.15, -0.1) is 0 Å². The van der Waals surface area contributed by atoms with Gasteiger partial charge in [0.25, 0.3) is 0 Å². The Labute approximate surface area is 108 Å². The molecule has 1 fully saturated rings. The van der Waals surface area contributed by atoms with E-state index in [-0.39, 0.29) is 12.0 Å². The first kappa shape index (κ1) is 12.9. The summed E-state index contributed by atoms with van der Waals surface area (Å²) in [7, 11) is 0. The number of aliphatic imine (C=N–C) groups is 1. The van der Waals surface area contributed by atoms with Gasteiger partial charge in [-0.1, -0.05) is 6.07 Å². The van der Waals surface area contributed by atoms with Crippen LogP contribution in [0.15, 0.2) is 23.2 Å². The fraction of sp³-hybridized carbons (Fsp3) is 0.500. The van der Waals surface area contributed by atoms with E-state index in [1.165, 1.54) is 11.1 Å². The summed E-state index contributed by atoms with van der Waals surface area (Å²) in [6.07, 6.45) is 2.09. The first-order valence-corrected chi connectivity index (χ1v) is 6.29. The van der Waals surface area contributed by atoms with Crippen LogP contribution in [0.2, 0.25) is 0 Å². The molecule has 1 saturated carbocycles. The summed E-state index contributed by atoms with van der Waals surface area (Å²) in [6.45, 7) is 4.91. The Morgan fingerprint density at radius 2 is 1.94 bits per heavy atom. The number of rotatable bonds is 4.